The molecule has 0 spiro atoms. The number of rotatable bonds is 7. The second kappa shape index (κ2) is 10.3. The van der Waals surface area contributed by atoms with E-state index in [0.29, 0.717) is 25.4 Å². The van der Waals surface area contributed by atoms with Gasteiger partial charge in [0.25, 0.3) is 5.91 Å². The number of sulfonamides is 1. The van der Waals surface area contributed by atoms with Crippen LogP contribution in [0.1, 0.15) is 48.5 Å². The van der Waals surface area contributed by atoms with Gasteiger partial charge in [-0.1, -0.05) is 42.6 Å². The Bertz CT molecular complexity index is 986. The van der Waals surface area contributed by atoms with Gasteiger partial charge < -0.3 is 10.1 Å². The average molecular weight is 451 g/mol. The largest absolute Gasteiger partial charge is 0.494 e. The minimum absolute atomic E-state index is 0.0914. The Balaban J connectivity index is 1.78. The fourth-order valence-electron chi connectivity index (χ4n) is 3.49. The number of nitrogens with zero attached hydrogens (tertiary/aromatic N) is 1. The normalized spacial score (nSPS) is 15.4. The van der Waals surface area contributed by atoms with Crippen molar-refractivity contribution in [2.24, 2.45) is 0 Å². The van der Waals surface area contributed by atoms with Gasteiger partial charge in [0.2, 0.25) is 10.0 Å². The summed E-state index contributed by atoms with van der Waals surface area (Å²) in [4.78, 5) is 12.9. The highest BCUT2D eigenvalue weighted by molar-refractivity contribution is 7.89. The van der Waals surface area contributed by atoms with Gasteiger partial charge in [-0.3, -0.25) is 4.79 Å². The number of carbonyl (C=O) groups is 1. The van der Waals surface area contributed by atoms with Crippen molar-refractivity contribution in [3.63, 3.8) is 0 Å². The molecular formula is C22H27ClN2O4S. The molecule has 0 radical (unpaired) electrons. The maximum Gasteiger partial charge on any atom is 0.253 e. The molecule has 2 aromatic rings. The van der Waals surface area contributed by atoms with Crippen LogP contribution in [0, 0.1) is 0 Å². The maximum atomic E-state index is 13.1. The quantitative estimate of drug-likeness (QED) is 0.684. The first kappa shape index (κ1) is 22.6. The predicted octanol–water partition coefficient (Wildman–Crippen LogP) is 4.23. The zero-order chi connectivity index (χ0) is 21.6. The van der Waals surface area contributed by atoms with Crippen molar-refractivity contribution in [1.82, 2.24) is 9.62 Å². The van der Waals surface area contributed by atoms with E-state index >= 15 is 0 Å². The number of benzene rings is 2. The van der Waals surface area contributed by atoms with Crippen LogP contribution in [0.2, 0.25) is 5.02 Å². The first-order chi connectivity index (χ1) is 14.4. The van der Waals surface area contributed by atoms with Gasteiger partial charge in [0.15, 0.2) is 0 Å². The fraction of sp³-hybridized carbons (Fsp3) is 0.409. The molecule has 3 rings (SSSR count). The third-order valence-corrected chi connectivity index (χ3v) is 7.32. The van der Waals surface area contributed by atoms with Crippen LogP contribution >= 0.6 is 11.6 Å². The number of ether oxygens (including phenoxy) is 1. The topological polar surface area (TPSA) is 75.7 Å². The molecule has 0 atom stereocenters. The van der Waals surface area contributed by atoms with Gasteiger partial charge in [0.1, 0.15) is 5.75 Å². The number of hydrogen-bond acceptors (Lipinski definition) is 4. The van der Waals surface area contributed by atoms with Gasteiger partial charge in [-0.15, -0.1) is 0 Å². The summed E-state index contributed by atoms with van der Waals surface area (Å²) in [5.74, 6) is 0.267. The molecule has 1 amide bonds. The van der Waals surface area contributed by atoms with Crippen LogP contribution in [0.25, 0.3) is 0 Å². The van der Waals surface area contributed by atoms with Crippen LogP contribution in [0.3, 0.4) is 0 Å². The molecule has 8 heteroatoms. The van der Waals surface area contributed by atoms with E-state index in [1.165, 1.54) is 22.5 Å². The molecule has 0 bridgehead atoms. The van der Waals surface area contributed by atoms with Crippen LogP contribution in [0.5, 0.6) is 5.75 Å². The second-order valence-electron chi connectivity index (χ2n) is 7.18. The highest BCUT2D eigenvalue weighted by atomic mass is 35.5. The molecule has 1 heterocycles. The summed E-state index contributed by atoms with van der Waals surface area (Å²) in [5.41, 5.74) is 0.971. The number of amides is 1. The van der Waals surface area contributed by atoms with Gasteiger partial charge in [-0.2, -0.15) is 4.31 Å². The molecule has 1 fully saturated rings. The van der Waals surface area contributed by atoms with E-state index in [1.54, 1.807) is 0 Å². The van der Waals surface area contributed by atoms with Crippen molar-refractivity contribution in [1.29, 1.82) is 0 Å². The number of para-hydroxylation sites is 1. The standard InChI is InChI=1S/C22H27ClN2O4S/c1-2-29-21-10-6-5-9-17(21)16-24-22(26)19-15-18(11-12-20(19)23)30(27,28)25-13-7-3-4-8-14-25/h5-6,9-12,15H,2-4,7-8,13-14,16H2,1H3,(H,24,26). The highest BCUT2D eigenvalue weighted by Crippen LogP contribution is 2.25. The lowest BCUT2D eigenvalue weighted by Gasteiger charge is -2.20. The number of carbonyl (C=O) groups excluding carboxylic acids is 1. The summed E-state index contributed by atoms with van der Waals surface area (Å²) in [7, 11) is -3.66. The Hall–Kier alpha value is -2.09. The smallest absolute Gasteiger partial charge is 0.253 e. The van der Waals surface area contributed by atoms with Crippen molar-refractivity contribution < 1.29 is 17.9 Å². The molecular weight excluding hydrogens is 424 g/mol. The van der Waals surface area contributed by atoms with E-state index < -0.39 is 15.9 Å². The van der Waals surface area contributed by atoms with Gasteiger partial charge in [0, 0.05) is 25.2 Å². The average Bonchev–Trinajstić information content (AvgIpc) is 3.03. The van der Waals surface area contributed by atoms with Crippen LogP contribution in [0.4, 0.5) is 0 Å². The number of halogens is 1. The van der Waals surface area contributed by atoms with E-state index in [2.05, 4.69) is 5.32 Å². The first-order valence-corrected chi connectivity index (χ1v) is 12.0. The van der Waals surface area contributed by atoms with Crippen LogP contribution in [-0.4, -0.2) is 38.3 Å². The van der Waals surface area contributed by atoms with Gasteiger partial charge in [-0.05, 0) is 44.0 Å². The van der Waals surface area contributed by atoms with Gasteiger partial charge in [0.05, 0.1) is 22.1 Å². The minimum atomic E-state index is -3.66. The lowest BCUT2D eigenvalue weighted by molar-refractivity contribution is 0.0950. The molecule has 0 aromatic heterocycles. The Morgan fingerprint density at radius 3 is 2.50 bits per heavy atom. The molecule has 0 saturated carbocycles. The molecule has 1 saturated heterocycles. The second-order valence-corrected chi connectivity index (χ2v) is 9.53. The zero-order valence-corrected chi connectivity index (χ0v) is 18.6. The van der Waals surface area contributed by atoms with Gasteiger partial charge in [-0.25, -0.2) is 8.42 Å². The third kappa shape index (κ3) is 5.33. The molecule has 0 aliphatic carbocycles. The summed E-state index contributed by atoms with van der Waals surface area (Å²) in [6, 6.07) is 11.7. The Labute approximate surface area is 183 Å². The molecule has 6 nitrogen and oxygen atoms in total. The van der Waals surface area contributed by atoms with Crippen LogP contribution < -0.4 is 10.1 Å². The summed E-state index contributed by atoms with van der Waals surface area (Å²) in [6.45, 7) is 3.66. The van der Waals surface area contributed by atoms with Gasteiger partial charge >= 0.3 is 0 Å². The van der Waals surface area contributed by atoms with Crippen molar-refractivity contribution in [2.75, 3.05) is 19.7 Å². The van der Waals surface area contributed by atoms with E-state index in [0.717, 1.165) is 31.2 Å². The number of nitrogens with one attached hydrogen (secondary N) is 1. The van der Waals surface area contributed by atoms with Crippen molar-refractivity contribution in [3.05, 3.63) is 58.6 Å². The van der Waals surface area contributed by atoms with E-state index in [-0.39, 0.29) is 22.0 Å². The van der Waals surface area contributed by atoms with Crippen LogP contribution in [-0.2, 0) is 16.6 Å². The molecule has 162 valence electrons. The Morgan fingerprint density at radius 1 is 1.10 bits per heavy atom. The molecule has 1 N–H and O–H groups in total. The lowest BCUT2D eigenvalue weighted by atomic mass is 10.1. The molecule has 2 aromatic carbocycles. The maximum absolute atomic E-state index is 13.1. The molecule has 0 unspecified atom stereocenters. The minimum Gasteiger partial charge on any atom is -0.494 e. The first-order valence-electron chi connectivity index (χ1n) is 10.2. The van der Waals surface area contributed by atoms with Crippen molar-refractivity contribution in [2.45, 2.75) is 44.0 Å². The van der Waals surface area contributed by atoms with E-state index in [1.807, 2.05) is 31.2 Å². The number of hydrogen-bond donors (Lipinski definition) is 1. The van der Waals surface area contributed by atoms with Crippen molar-refractivity contribution in [3.8, 4) is 5.75 Å². The Kier molecular flexibility index (Phi) is 7.75. The highest BCUT2D eigenvalue weighted by Gasteiger charge is 2.26. The predicted molar refractivity (Wildman–Crippen MR) is 117 cm³/mol. The SMILES string of the molecule is CCOc1ccccc1CNC(=O)c1cc(S(=O)(=O)N2CCCCCC2)ccc1Cl. The monoisotopic (exact) mass is 450 g/mol. The van der Waals surface area contributed by atoms with E-state index in [4.69, 9.17) is 16.3 Å². The van der Waals surface area contributed by atoms with Crippen LogP contribution in [0.15, 0.2) is 47.4 Å². The summed E-state index contributed by atoms with van der Waals surface area (Å²) in [5, 5.41) is 3.02. The summed E-state index contributed by atoms with van der Waals surface area (Å²) in [6.07, 6.45) is 3.76. The van der Waals surface area contributed by atoms with E-state index in [9.17, 15) is 13.2 Å². The molecule has 1 aliphatic rings. The Morgan fingerprint density at radius 2 is 1.80 bits per heavy atom. The molecule has 30 heavy (non-hydrogen) atoms. The fourth-order valence-corrected chi connectivity index (χ4v) is 5.23. The summed E-state index contributed by atoms with van der Waals surface area (Å²) >= 11 is 6.22. The lowest BCUT2D eigenvalue weighted by Crippen LogP contribution is -2.32. The summed E-state index contributed by atoms with van der Waals surface area (Å²) < 4.78 is 33.2. The molecule has 1 aliphatic heterocycles. The third-order valence-electron chi connectivity index (χ3n) is 5.10. The van der Waals surface area contributed by atoms with Crippen molar-refractivity contribution >= 4 is 27.5 Å². The zero-order valence-electron chi connectivity index (χ0n) is 17.1.